The molecule has 2 fully saturated rings. The summed E-state index contributed by atoms with van der Waals surface area (Å²) in [6, 6.07) is 36.3. The van der Waals surface area contributed by atoms with Crippen LogP contribution in [0.3, 0.4) is 0 Å². The molecule has 1 aliphatic carbocycles. The fourth-order valence-electron chi connectivity index (χ4n) is 10.4. The van der Waals surface area contributed by atoms with Crippen LogP contribution >= 0.6 is 0 Å². The second-order valence-electron chi connectivity index (χ2n) is 22.7. The number of ether oxygens (including phenoxy) is 5. The van der Waals surface area contributed by atoms with Crippen molar-refractivity contribution in [3.8, 4) is 11.5 Å². The third-order valence-electron chi connectivity index (χ3n) is 16.2. The molecule has 4 aromatic rings. The van der Waals surface area contributed by atoms with Crippen LogP contribution in [0.25, 0.3) is 0 Å². The Morgan fingerprint density at radius 3 is 1.68 bits per heavy atom. The highest BCUT2D eigenvalue weighted by molar-refractivity contribution is 6.40. The number of carbonyl (C=O) groups excluding carboxylic acids is 5. The minimum atomic E-state index is -0.774. The van der Waals surface area contributed by atoms with Crippen LogP contribution in [-0.4, -0.2) is 73.3 Å². The Morgan fingerprint density at radius 1 is 0.571 bits per heavy atom. The van der Waals surface area contributed by atoms with E-state index in [9.17, 15) is 24.0 Å². The van der Waals surface area contributed by atoms with E-state index in [1.165, 1.54) is 5.56 Å². The summed E-state index contributed by atoms with van der Waals surface area (Å²) >= 11 is 0. The summed E-state index contributed by atoms with van der Waals surface area (Å²) in [6.45, 7) is 13.2. The molecule has 1 aliphatic heterocycles. The number of aryl methyl sites for hydroxylation is 2. The molecule has 1 amide bonds. The third-order valence-corrected chi connectivity index (χ3v) is 16.2. The highest BCUT2D eigenvalue weighted by Crippen LogP contribution is 2.37. The first kappa shape index (κ1) is 60.6. The van der Waals surface area contributed by atoms with Gasteiger partial charge in [-0.25, -0.2) is 0 Å². The fraction of sp³-hybridized carbons (Fsp3) is 0.561. The Bertz CT molecular complexity index is 2450. The standard InChI is InChI=1S/C66H89NO10/c1-7-65(3,4)61(69)60(68)56-36-20-13-21-37-57(56)64(72)77-59(41-39-50-29-17-12-18-30-50)52-32-26-35-55(46-52)75-44-24-10-9-23-43-74-54-34-25-31-51(45-54)58(40-38-49-27-15-11-16-28-49)76-48-73-47-53-33-19-14-22-42-67(53)63(71)62(70)66(5,6)8-2/h11-12,15-18,25-32,34-35,45-46,53,56-59H,7-10,13-14,19-24,33,36-44,47-48H2,1-6H3/t53?,56?,57?,58-,59?/m1/s1. The normalized spacial score (nSPS) is 18.1. The molecule has 4 aromatic carbocycles. The molecular formula is C66H89NO10. The number of nitrogens with zero attached hydrogens (tertiary/aromatic N) is 1. The van der Waals surface area contributed by atoms with Gasteiger partial charge in [-0.3, -0.25) is 24.0 Å². The van der Waals surface area contributed by atoms with Gasteiger partial charge in [-0.2, -0.15) is 0 Å². The lowest BCUT2D eigenvalue weighted by atomic mass is 9.75. The van der Waals surface area contributed by atoms with Crippen LogP contribution in [0.15, 0.2) is 109 Å². The number of amides is 1. The predicted octanol–water partition coefficient (Wildman–Crippen LogP) is 14.1. The first-order valence-corrected chi connectivity index (χ1v) is 29.1. The maximum atomic E-state index is 14.2. The van der Waals surface area contributed by atoms with Gasteiger partial charge in [0.1, 0.15) is 24.4 Å². The lowest BCUT2D eigenvalue weighted by Gasteiger charge is -2.32. The average Bonchev–Trinajstić information content (AvgIpc) is 3.86. The van der Waals surface area contributed by atoms with Crippen molar-refractivity contribution in [2.24, 2.45) is 22.7 Å². The molecule has 0 N–H and O–H groups in total. The number of rotatable bonds is 31. The van der Waals surface area contributed by atoms with Crippen molar-refractivity contribution in [1.82, 2.24) is 4.90 Å². The molecule has 2 aliphatic rings. The van der Waals surface area contributed by atoms with Gasteiger partial charge in [0, 0.05) is 23.3 Å². The molecular weight excluding hydrogens is 967 g/mol. The van der Waals surface area contributed by atoms with Gasteiger partial charge >= 0.3 is 5.97 Å². The highest BCUT2D eigenvalue weighted by Gasteiger charge is 2.43. The van der Waals surface area contributed by atoms with Crippen molar-refractivity contribution in [2.75, 3.05) is 33.2 Å². The van der Waals surface area contributed by atoms with Crippen LogP contribution in [0.1, 0.15) is 185 Å². The van der Waals surface area contributed by atoms with E-state index in [-0.39, 0.29) is 24.7 Å². The van der Waals surface area contributed by atoms with E-state index >= 15 is 0 Å². The van der Waals surface area contributed by atoms with Crippen molar-refractivity contribution < 1.29 is 47.7 Å². The van der Waals surface area contributed by atoms with Gasteiger partial charge in [0.05, 0.1) is 37.9 Å². The molecule has 5 atom stereocenters. The highest BCUT2D eigenvalue weighted by atomic mass is 16.7. The molecule has 418 valence electrons. The zero-order chi connectivity index (χ0) is 55.0. The topological polar surface area (TPSA) is 135 Å². The second kappa shape index (κ2) is 31.1. The number of esters is 1. The maximum Gasteiger partial charge on any atom is 0.310 e. The smallest absolute Gasteiger partial charge is 0.310 e. The lowest BCUT2D eigenvalue weighted by Crippen LogP contribution is -2.49. The molecule has 1 saturated carbocycles. The number of ketones is 3. The minimum absolute atomic E-state index is 0.0607. The Balaban J connectivity index is 0.987. The van der Waals surface area contributed by atoms with Crippen LogP contribution < -0.4 is 9.47 Å². The largest absolute Gasteiger partial charge is 0.494 e. The quantitative estimate of drug-likeness (QED) is 0.0158. The SMILES string of the molecule is CCC(C)(C)C(=O)C(=O)C1CCCCCC1C(=O)OC(CCc1ccccc1)c1cccc(OCCCCCCOc2cccc([C@@H](CCc3ccccc3)OCOCC3CCCCCN3C(=O)C(=O)C(C)(C)CC)c2)c1. The molecule has 0 aromatic heterocycles. The van der Waals surface area contributed by atoms with Crippen molar-refractivity contribution in [1.29, 1.82) is 0 Å². The molecule has 4 unspecified atom stereocenters. The van der Waals surface area contributed by atoms with E-state index in [2.05, 4.69) is 36.4 Å². The molecule has 11 nitrogen and oxygen atoms in total. The number of benzene rings is 4. The van der Waals surface area contributed by atoms with E-state index in [0.717, 1.165) is 106 Å². The predicted molar refractivity (Wildman–Crippen MR) is 303 cm³/mol. The van der Waals surface area contributed by atoms with Crippen molar-refractivity contribution in [3.63, 3.8) is 0 Å². The van der Waals surface area contributed by atoms with Crippen LogP contribution in [0.4, 0.5) is 0 Å². The number of Topliss-reactive ketones (excluding diaryl/α,β-unsaturated/α-hetero) is 3. The van der Waals surface area contributed by atoms with Gasteiger partial charge in [-0.05, 0) is 136 Å². The number of hydrogen-bond acceptors (Lipinski definition) is 10. The zero-order valence-electron chi connectivity index (χ0n) is 47.3. The van der Waals surface area contributed by atoms with Crippen LogP contribution in [-0.2, 0) is 51.0 Å². The first-order chi connectivity index (χ1) is 37.2. The van der Waals surface area contributed by atoms with Gasteiger partial charge in [0.25, 0.3) is 5.91 Å². The van der Waals surface area contributed by atoms with Crippen LogP contribution in [0, 0.1) is 22.7 Å². The van der Waals surface area contributed by atoms with E-state index in [1.54, 1.807) is 4.90 Å². The summed E-state index contributed by atoms with van der Waals surface area (Å²) in [5, 5.41) is 0. The second-order valence-corrected chi connectivity index (χ2v) is 22.7. The molecule has 6 rings (SSSR count). The Kier molecular flexibility index (Phi) is 24.4. The fourth-order valence-corrected chi connectivity index (χ4v) is 10.4. The molecule has 77 heavy (non-hydrogen) atoms. The summed E-state index contributed by atoms with van der Waals surface area (Å²) in [7, 11) is 0. The molecule has 11 heteroatoms. The summed E-state index contributed by atoms with van der Waals surface area (Å²) < 4.78 is 31.6. The van der Waals surface area contributed by atoms with Gasteiger partial charge in [-0.15, -0.1) is 0 Å². The Morgan fingerprint density at radius 2 is 1.09 bits per heavy atom. The maximum absolute atomic E-state index is 14.2. The van der Waals surface area contributed by atoms with Crippen molar-refractivity contribution >= 4 is 29.2 Å². The average molecular weight is 1060 g/mol. The molecule has 1 saturated heterocycles. The van der Waals surface area contributed by atoms with Crippen LogP contribution in [0.5, 0.6) is 11.5 Å². The van der Waals surface area contributed by atoms with Crippen molar-refractivity contribution in [2.45, 2.75) is 182 Å². The summed E-state index contributed by atoms with van der Waals surface area (Å²) in [5.74, 6) is -1.78. The van der Waals surface area contributed by atoms with Crippen LogP contribution in [0.2, 0.25) is 0 Å². The Labute approximate surface area is 460 Å². The number of hydrogen-bond donors (Lipinski definition) is 0. The number of likely N-dealkylation sites (tertiary alicyclic amines) is 1. The van der Waals surface area contributed by atoms with Gasteiger partial charge in [0.15, 0.2) is 0 Å². The molecule has 0 bridgehead atoms. The Hall–Kier alpha value is -5.65. The molecule has 1 heterocycles. The summed E-state index contributed by atoms with van der Waals surface area (Å²) in [5.41, 5.74) is 2.74. The van der Waals surface area contributed by atoms with E-state index in [0.29, 0.717) is 70.6 Å². The molecule has 0 spiro atoms. The lowest BCUT2D eigenvalue weighted by molar-refractivity contribution is -0.160. The summed E-state index contributed by atoms with van der Waals surface area (Å²) in [6.07, 6.45) is 14.1. The molecule has 0 radical (unpaired) electrons. The number of carbonyl (C=O) groups is 5. The van der Waals surface area contributed by atoms with E-state index in [1.807, 2.05) is 114 Å². The van der Waals surface area contributed by atoms with E-state index in [4.69, 9.17) is 23.7 Å². The monoisotopic (exact) mass is 1060 g/mol. The minimum Gasteiger partial charge on any atom is -0.494 e. The summed E-state index contributed by atoms with van der Waals surface area (Å²) in [4.78, 5) is 69.8. The third kappa shape index (κ3) is 18.8. The van der Waals surface area contributed by atoms with Gasteiger partial charge in [0.2, 0.25) is 17.3 Å². The number of unbranched alkanes of at least 4 members (excludes halogenated alkanes) is 3. The zero-order valence-corrected chi connectivity index (χ0v) is 47.3. The van der Waals surface area contributed by atoms with Crippen molar-refractivity contribution in [3.05, 3.63) is 131 Å². The van der Waals surface area contributed by atoms with E-state index < -0.39 is 52.2 Å². The first-order valence-electron chi connectivity index (χ1n) is 29.1. The van der Waals surface area contributed by atoms with Gasteiger partial charge in [-0.1, -0.05) is 159 Å². The van der Waals surface area contributed by atoms with Gasteiger partial charge < -0.3 is 28.6 Å².